The van der Waals surface area contributed by atoms with E-state index in [-0.39, 0.29) is 11.3 Å². The molecule has 5 nitrogen and oxygen atoms in total. The fraction of sp³-hybridized carbons (Fsp3) is 0.200. The zero-order chi connectivity index (χ0) is 11.2. The van der Waals surface area contributed by atoms with Gasteiger partial charge in [0.25, 0.3) is 5.56 Å². The highest BCUT2D eigenvalue weighted by Crippen LogP contribution is 2.14. The molecular formula is C10H10N2O3. The lowest BCUT2D eigenvalue weighted by Crippen LogP contribution is -2.36. The Morgan fingerprint density at radius 1 is 1.13 bits per heavy atom. The Morgan fingerprint density at radius 2 is 1.80 bits per heavy atom. The van der Waals surface area contributed by atoms with Gasteiger partial charge in [0.1, 0.15) is 5.75 Å². The largest absolute Gasteiger partial charge is 0.508 e. The Kier molecular flexibility index (Phi) is 1.89. The third-order valence-corrected chi connectivity index (χ3v) is 2.45. The molecule has 0 bridgehead atoms. The normalized spacial score (nSPS) is 10.8. The third kappa shape index (κ3) is 1.24. The average molecular weight is 206 g/mol. The summed E-state index contributed by atoms with van der Waals surface area (Å²) in [7, 11) is 2.99. The average Bonchev–Trinajstić information content (AvgIpc) is 2.23. The molecule has 1 aromatic carbocycles. The predicted molar refractivity (Wildman–Crippen MR) is 56.1 cm³/mol. The van der Waals surface area contributed by atoms with Gasteiger partial charge in [-0.25, -0.2) is 4.79 Å². The predicted octanol–water partition coefficient (Wildman–Crippen LogP) is -0.0572. The molecule has 15 heavy (non-hydrogen) atoms. The van der Waals surface area contributed by atoms with Crippen LogP contribution in [0.4, 0.5) is 0 Å². The lowest BCUT2D eigenvalue weighted by Gasteiger charge is -2.06. The number of benzene rings is 1. The number of aromatic nitrogens is 2. The highest BCUT2D eigenvalue weighted by Gasteiger charge is 2.07. The summed E-state index contributed by atoms with van der Waals surface area (Å²) in [4.78, 5) is 23.2. The van der Waals surface area contributed by atoms with Crippen molar-refractivity contribution in [1.29, 1.82) is 0 Å². The van der Waals surface area contributed by atoms with Gasteiger partial charge in [0.2, 0.25) is 0 Å². The van der Waals surface area contributed by atoms with Gasteiger partial charge in [-0.15, -0.1) is 0 Å². The standard InChI is InChI=1S/C10H10N2O3/c1-11-8-5-6(13)3-4-7(8)9(14)12(2)10(11)15/h3-5,13H,1-2H3. The van der Waals surface area contributed by atoms with Gasteiger partial charge >= 0.3 is 5.69 Å². The molecule has 0 atom stereocenters. The van der Waals surface area contributed by atoms with Crippen molar-refractivity contribution in [3.05, 3.63) is 39.0 Å². The van der Waals surface area contributed by atoms with E-state index < -0.39 is 5.69 Å². The summed E-state index contributed by atoms with van der Waals surface area (Å²) in [6, 6.07) is 4.33. The van der Waals surface area contributed by atoms with Crippen molar-refractivity contribution < 1.29 is 5.11 Å². The lowest BCUT2D eigenvalue weighted by molar-refractivity contribution is 0.475. The van der Waals surface area contributed by atoms with Gasteiger partial charge in [0.15, 0.2) is 0 Å². The quantitative estimate of drug-likeness (QED) is 0.657. The minimum Gasteiger partial charge on any atom is -0.508 e. The van der Waals surface area contributed by atoms with Crippen molar-refractivity contribution in [3.63, 3.8) is 0 Å². The van der Waals surface area contributed by atoms with E-state index in [0.29, 0.717) is 10.9 Å². The molecule has 0 aliphatic rings. The maximum absolute atomic E-state index is 11.7. The van der Waals surface area contributed by atoms with Crippen LogP contribution in [0.5, 0.6) is 5.75 Å². The van der Waals surface area contributed by atoms with Crippen LogP contribution in [0.15, 0.2) is 27.8 Å². The van der Waals surface area contributed by atoms with Crippen LogP contribution in [0.25, 0.3) is 10.9 Å². The fourth-order valence-electron chi connectivity index (χ4n) is 1.57. The van der Waals surface area contributed by atoms with Crippen molar-refractivity contribution in [2.75, 3.05) is 0 Å². The van der Waals surface area contributed by atoms with E-state index >= 15 is 0 Å². The van der Waals surface area contributed by atoms with Crippen LogP contribution in [-0.2, 0) is 14.1 Å². The van der Waals surface area contributed by atoms with Crippen LogP contribution in [0, 0.1) is 0 Å². The molecule has 1 aromatic heterocycles. The number of phenolic OH excluding ortho intramolecular Hbond substituents is 1. The molecule has 0 saturated carbocycles. The van der Waals surface area contributed by atoms with Gasteiger partial charge in [-0.3, -0.25) is 13.9 Å². The summed E-state index contributed by atoms with van der Waals surface area (Å²) in [6.07, 6.45) is 0. The smallest absolute Gasteiger partial charge is 0.330 e. The molecule has 0 aliphatic heterocycles. The van der Waals surface area contributed by atoms with E-state index in [4.69, 9.17) is 0 Å². The topological polar surface area (TPSA) is 64.2 Å². The monoisotopic (exact) mass is 206 g/mol. The molecule has 0 spiro atoms. The highest BCUT2D eigenvalue weighted by atomic mass is 16.3. The second-order valence-corrected chi connectivity index (χ2v) is 3.41. The van der Waals surface area contributed by atoms with Crippen molar-refractivity contribution in [1.82, 2.24) is 9.13 Å². The summed E-state index contributed by atoms with van der Waals surface area (Å²) in [5.41, 5.74) is -0.325. The van der Waals surface area contributed by atoms with Gasteiger partial charge in [-0.2, -0.15) is 0 Å². The summed E-state index contributed by atoms with van der Waals surface area (Å²) < 4.78 is 2.37. The van der Waals surface area contributed by atoms with Gasteiger partial charge in [-0.05, 0) is 12.1 Å². The zero-order valence-electron chi connectivity index (χ0n) is 8.39. The van der Waals surface area contributed by atoms with E-state index in [1.807, 2.05) is 0 Å². The Bertz CT molecular complexity index is 652. The minimum atomic E-state index is -0.405. The number of aryl methyl sites for hydroxylation is 1. The number of nitrogens with zero attached hydrogens (tertiary/aromatic N) is 2. The molecule has 0 amide bonds. The van der Waals surface area contributed by atoms with E-state index in [2.05, 4.69) is 0 Å². The fourth-order valence-corrected chi connectivity index (χ4v) is 1.57. The van der Waals surface area contributed by atoms with E-state index in [1.54, 1.807) is 7.05 Å². The number of phenols is 1. The van der Waals surface area contributed by atoms with Crippen molar-refractivity contribution in [2.45, 2.75) is 0 Å². The van der Waals surface area contributed by atoms with Crippen LogP contribution in [-0.4, -0.2) is 14.2 Å². The zero-order valence-corrected chi connectivity index (χ0v) is 8.39. The Balaban J connectivity index is 3.15. The molecule has 5 heteroatoms. The van der Waals surface area contributed by atoms with Crippen LogP contribution in [0.1, 0.15) is 0 Å². The summed E-state index contributed by atoms with van der Waals surface area (Å²) >= 11 is 0. The number of aromatic hydroxyl groups is 1. The highest BCUT2D eigenvalue weighted by molar-refractivity contribution is 5.79. The van der Waals surface area contributed by atoms with Gasteiger partial charge < -0.3 is 5.11 Å². The molecule has 78 valence electrons. The lowest BCUT2D eigenvalue weighted by atomic mass is 10.2. The maximum Gasteiger partial charge on any atom is 0.330 e. The maximum atomic E-state index is 11.7. The summed E-state index contributed by atoms with van der Waals surface area (Å²) in [5.74, 6) is 0.0331. The van der Waals surface area contributed by atoms with Gasteiger partial charge in [-0.1, -0.05) is 0 Å². The molecule has 1 N–H and O–H groups in total. The Labute approximate surface area is 84.8 Å². The first-order valence-electron chi connectivity index (χ1n) is 4.41. The number of rotatable bonds is 0. The van der Waals surface area contributed by atoms with Gasteiger partial charge in [0, 0.05) is 20.2 Å². The van der Waals surface area contributed by atoms with Crippen LogP contribution in [0.3, 0.4) is 0 Å². The second-order valence-electron chi connectivity index (χ2n) is 3.41. The first-order chi connectivity index (χ1) is 7.02. The molecule has 0 aliphatic carbocycles. The number of hydrogen-bond donors (Lipinski definition) is 1. The number of hydrogen-bond acceptors (Lipinski definition) is 3. The van der Waals surface area contributed by atoms with E-state index in [9.17, 15) is 14.7 Å². The third-order valence-electron chi connectivity index (χ3n) is 2.45. The summed E-state index contributed by atoms with van der Waals surface area (Å²) in [5, 5.41) is 9.70. The second kappa shape index (κ2) is 2.98. The SMILES string of the molecule is Cn1c(=O)c2ccc(O)cc2n(C)c1=O. The Morgan fingerprint density at radius 3 is 2.47 bits per heavy atom. The molecule has 2 rings (SSSR count). The van der Waals surface area contributed by atoms with Crippen LogP contribution < -0.4 is 11.2 Å². The van der Waals surface area contributed by atoms with Crippen molar-refractivity contribution in [2.24, 2.45) is 14.1 Å². The number of fused-ring (bicyclic) bond motifs is 1. The molecule has 0 saturated heterocycles. The molecule has 0 radical (unpaired) electrons. The molecular weight excluding hydrogens is 196 g/mol. The first-order valence-corrected chi connectivity index (χ1v) is 4.41. The molecule has 0 unspecified atom stereocenters. The first kappa shape index (κ1) is 9.51. The summed E-state index contributed by atoms with van der Waals surface area (Å²) in [6.45, 7) is 0. The molecule has 1 heterocycles. The molecule has 2 aromatic rings. The van der Waals surface area contributed by atoms with Crippen molar-refractivity contribution in [3.8, 4) is 5.75 Å². The van der Waals surface area contributed by atoms with Crippen LogP contribution >= 0.6 is 0 Å². The Hall–Kier alpha value is -2.04. The van der Waals surface area contributed by atoms with Gasteiger partial charge in [0.05, 0.1) is 10.9 Å². The van der Waals surface area contributed by atoms with Crippen molar-refractivity contribution >= 4 is 10.9 Å². The van der Waals surface area contributed by atoms with E-state index in [0.717, 1.165) is 4.57 Å². The minimum absolute atomic E-state index is 0.0331. The molecule has 0 fully saturated rings. The van der Waals surface area contributed by atoms with E-state index in [1.165, 1.54) is 29.8 Å². The van der Waals surface area contributed by atoms with Crippen LogP contribution in [0.2, 0.25) is 0 Å².